The molecule has 0 saturated carbocycles. The first kappa shape index (κ1) is 24.7. The van der Waals surface area contributed by atoms with E-state index in [1.165, 1.54) is 30.3 Å². The van der Waals surface area contributed by atoms with E-state index in [9.17, 15) is 25.0 Å². The van der Waals surface area contributed by atoms with Gasteiger partial charge in [-0.05, 0) is 61.4 Å². The Kier molecular flexibility index (Phi) is 7.93. The molecule has 0 saturated heterocycles. The van der Waals surface area contributed by atoms with Crippen LogP contribution in [0.2, 0.25) is 0 Å². The Morgan fingerprint density at radius 1 is 1.09 bits per heavy atom. The van der Waals surface area contributed by atoms with Crippen molar-refractivity contribution in [1.82, 2.24) is 0 Å². The summed E-state index contributed by atoms with van der Waals surface area (Å²) in [5, 5.41) is 23.2. The molecule has 0 fully saturated rings. The molecule has 0 aliphatic heterocycles. The Labute approximate surface area is 201 Å². The third kappa shape index (κ3) is 6.30. The van der Waals surface area contributed by atoms with Crippen molar-refractivity contribution < 1.29 is 24.0 Å². The third-order valence-electron chi connectivity index (χ3n) is 4.75. The predicted molar refractivity (Wildman–Crippen MR) is 129 cm³/mol. The number of benzene rings is 3. The first-order valence-corrected chi connectivity index (χ1v) is 10.5. The van der Waals surface area contributed by atoms with Crippen LogP contribution in [-0.2, 0) is 4.79 Å². The number of esters is 1. The molecule has 176 valence electrons. The summed E-state index contributed by atoms with van der Waals surface area (Å²) in [4.78, 5) is 35.8. The van der Waals surface area contributed by atoms with Crippen LogP contribution in [0, 0.1) is 28.4 Å². The zero-order chi connectivity index (χ0) is 25.4. The van der Waals surface area contributed by atoms with Crippen molar-refractivity contribution in [3.8, 4) is 17.6 Å². The molecular formula is C26H21N3O6. The molecule has 0 atom stereocenters. The van der Waals surface area contributed by atoms with E-state index in [1.807, 2.05) is 0 Å². The van der Waals surface area contributed by atoms with E-state index < -0.39 is 16.8 Å². The summed E-state index contributed by atoms with van der Waals surface area (Å²) >= 11 is 0. The lowest BCUT2D eigenvalue weighted by atomic mass is 10.1. The van der Waals surface area contributed by atoms with Crippen molar-refractivity contribution in [3.05, 3.63) is 99.1 Å². The van der Waals surface area contributed by atoms with Crippen LogP contribution in [0.1, 0.15) is 28.4 Å². The molecule has 1 N–H and O–H groups in total. The maximum Gasteiger partial charge on any atom is 0.343 e. The second-order valence-electron chi connectivity index (χ2n) is 7.30. The minimum atomic E-state index is -0.808. The molecule has 1 amide bonds. The number of carbonyl (C=O) groups excluding carboxylic acids is 2. The molecule has 0 radical (unpaired) electrons. The molecule has 3 rings (SSSR count). The maximum atomic E-state index is 12.7. The van der Waals surface area contributed by atoms with Gasteiger partial charge in [0.05, 0.1) is 17.1 Å². The second-order valence-corrected chi connectivity index (χ2v) is 7.30. The molecule has 0 bridgehead atoms. The van der Waals surface area contributed by atoms with Gasteiger partial charge >= 0.3 is 5.97 Å². The average Bonchev–Trinajstić information content (AvgIpc) is 2.85. The van der Waals surface area contributed by atoms with E-state index >= 15 is 0 Å². The lowest BCUT2D eigenvalue weighted by Gasteiger charge is -2.12. The lowest BCUT2D eigenvalue weighted by Crippen LogP contribution is -2.14. The van der Waals surface area contributed by atoms with Crippen LogP contribution in [0.15, 0.2) is 72.3 Å². The van der Waals surface area contributed by atoms with Gasteiger partial charge in [-0.3, -0.25) is 14.9 Å². The van der Waals surface area contributed by atoms with Gasteiger partial charge in [0.1, 0.15) is 17.3 Å². The second kappa shape index (κ2) is 11.2. The van der Waals surface area contributed by atoms with Crippen molar-refractivity contribution >= 4 is 29.3 Å². The summed E-state index contributed by atoms with van der Waals surface area (Å²) in [5.74, 6) is -0.947. The molecule has 0 aliphatic carbocycles. The van der Waals surface area contributed by atoms with E-state index in [-0.39, 0.29) is 35.1 Å². The number of aryl methyl sites for hydroxylation is 1. The summed E-state index contributed by atoms with van der Waals surface area (Å²) in [7, 11) is 0. The number of rotatable bonds is 8. The number of ether oxygens (including phenoxy) is 2. The van der Waals surface area contributed by atoms with Gasteiger partial charge in [0.2, 0.25) is 0 Å². The largest absolute Gasteiger partial charge is 0.490 e. The first-order chi connectivity index (χ1) is 16.8. The molecule has 0 aliphatic rings. The van der Waals surface area contributed by atoms with Crippen LogP contribution in [0.3, 0.4) is 0 Å². The van der Waals surface area contributed by atoms with Gasteiger partial charge in [0.15, 0.2) is 11.5 Å². The highest BCUT2D eigenvalue weighted by Gasteiger charge is 2.19. The van der Waals surface area contributed by atoms with Crippen molar-refractivity contribution in [1.29, 1.82) is 5.26 Å². The third-order valence-corrected chi connectivity index (χ3v) is 4.75. The van der Waals surface area contributed by atoms with Crippen molar-refractivity contribution in [2.75, 3.05) is 11.9 Å². The zero-order valence-electron chi connectivity index (χ0n) is 19.0. The van der Waals surface area contributed by atoms with Crippen LogP contribution < -0.4 is 14.8 Å². The van der Waals surface area contributed by atoms with Gasteiger partial charge in [0.25, 0.3) is 11.6 Å². The maximum absolute atomic E-state index is 12.7. The minimum Gasteiger partial charge on any atom is -0.490 e. The fourth-order valence-corrected chi connectivity index (χ4v) is 3.10. The van der Waals surface area contributed by atoms with E-state index in [2.05, 4.69) is 5.32 Å². The van der Waals surface area contributed by atoms with Gasteiger partial charge in [-0.2, -0.15) is 5.26 Å². The fraction of sp³-hybridized carbons (Fsp3) is 0.115. The van der Waals surface area contributed by atoms with E-state index in [4.69, 9.17) is 9.47 Å². The quantitative estimate of drug-likeness (QED) is 0.121. The van der Waals surface area contributed by atoms with Crippen LogP contribution in [-0.4, -0.2) is 23.4 Å². The monoisotopic (exact) mass is 471 g/mol. The molecule has 0 spiro atoms. The number of hydrogen-bond acceptors (Lipinski definition) is 7. The number of hydrogen-bond donors (Lipinski definition) is 1. The molecule has 3 aromatic carbocycles. The van der Waals surface area contributed by atoms with Crippen LogP contribution in [0.5, 0.6) is 11.5 Å². The number of nitrogens with one attached hydrogen (secondary N) is 1. The van der Waals surface area contributed by atoms with Crippen LogP contribution in [0.4, 0.5) is 11.4 Å². The highest BCUT2D eigenvalue weighted by molar-refractivity contribution is 6.10. The summed E-state index contributed by atoms with van der Waals surface area (Å²) in [5.41, 5.74) is 0.869. The van der Waals surface area contributed by atoms with Crippen molar-refractivity contribution in [3.63, 3.8) is 0 Å². The summed E-state index contributed by atoms with van der Waals surface area (Å²) in [6.07, 6.45) is 1.31. The van der Waals surface area contributed by atoms with E-state index in [1.54, 1.807) is 62.4 Å². The lowest BCUT2D eigenvalue weighted by molar-refractivity contribution is -0.384. The fourth-order valence-electron chi connectivity index (χ4n) is 3.10. The average molecular weight is 471 g/mol. The number of nitrogens with zero attached hydrogens (tertiary/aromatic N) is 2. The van der Waals surface area contributed by atoms with Gasteiger partial charge in [-0.1, -0.05) is 30.3 Å². The Morgan fingerprint density at radius 2 is 1.83 bits per heavy atom. The molecule has 9 heteroatoms. The molecule has 0 heterocycles. The minimum absolute atomic E-state index is 0.0232. The smallest absolute Gasteiger partial charge is 0.343 e. The Bertz CT molecular complexity index is 1340. The van der Waals surface area contributed by atoms with E-state index in [0.717, 1.165) is 0 Å². The number of anilines is 1. The number of nitro benzene ring substituents is 1. The van der Waals surface area contributed by atoms with Crippen molar-refractivity contribution in [2.45, 2.75) is 13.8 Å². The molecule has 0 aromatic heterocycles. The SMILES string of the molecule is CCOc1cc(/C=C(\C#N)C(=O)Nc2ccc(C)cc2[N+](=O)[O-])ccc1OC(=O)c1ccccc1. The van der Waals surface area contributed by atoms with Gasteiger partial charge < -0.3 is 14.8 Å². The standard InChI is InChI=1S/C26H21N3O6/c1-3-34-24-15-18(10-12-23(24)35-26(31)19-7-5-4-6-8-19)14-20(16-27)25(30)28-21-11-9-17(2)13-22(21)29(32)33/h4-15H,3H2,1-2H3,(H,28,30)/b20-14+. The summed E-state index contributed by atoms with van der Waals surface area (Å²) < 4.78 is 11.0. The first-order valence-electron chi connectivity index (χ1n) is 10.5. The number of amides is 1. The molecule has 0 unspecified atom stereocenters. The summed E-state index contributed by atoms with van der Waals surface area (Å²) in [6.45, 7) is 3.73. The highest BCUT2D eigenvalue weighted by atomic mass is 16.6. The van der Waals surface area contributed by atoms with Crippen LogP contribution in [0.25, 0.3) is 6.08 Å². The highest BCUT2D eigenvalue weighted by Crippen LogP contribution is 2.31. The molecular weight excluding hydrogens is 450 g/mol. The van der Waals surface area contributed by atoms with E-state index in [0.29, 0.717) is 16.7 Å². The Balaban J connectivity index is 1.86. The summed E-state index contributed by atoms with van der Waals surface area (Å²) in [6, 6.07) is 19.2. The topological polar surface area (TPSA) is 132 Å². The molecule has 3 aromatic rings. The normalized spacial score (nSPS) is 10.7. The zero-order valence-corrected chi connectivity index (χ0v) is 19.0. The van der Waals surface area contributed by atoms with Gasteiger partial charge in [-0.15, -0.1) is 0 Å². The van der Waals surface area contributed by atoms with Gasteiger partial charge in [0, 0.05) is 6.07 Å². The van der Waals surface area contributed by atoms with Crippen molar-refractivity contribution in [2.24, 2.45) is 0 Å². The van der Waals surface area contributed by atoms with Crippen LogP contribution >= 0.6 is 0 Å². The van der Waals surface area contributed by atoms with Gasteiger partial charge in [-0.25, -0.2) is 4.79 Å². The number of nitriles is 1. The molecule has 9 nitrogen and oxygen atoms in total. The molecule has 35 heavy (non-hydrogen) atoms. The Morgan fingerprint density at radius 3 is 2.49 bits per heavy atom. The Hall–Kier alpha value is -4.97. The number of nitro groups is 1. The number of carbonyl (C=O) groups is 2. The predicted octanol–water partition coefficient (Wildman–Crippen LogP) is 5.07.